The summed E-state index contributed by atoms with van der Waals surface area (Å²) in [6, 6.07) is 3.69. The highest BCUT2D eigenvalue weighted by atomic mass is 35.5. The van der Waals surface area contributed by atoms with Crippen LogP contribution in [0.2, 0.25) is 5.02 Å². The minimum Gasteiger partial charge on any atom is -0.261 e. The highest BCUT2D eigenvalue weighted by molar-refractivity contribution is 6.34. The highest BCUT2D eigenvalue weighted by Gasteiger charge is 2.46. The van der Waals surface area contributed by atoms with Gasteiger partial charge in [-0.3, -0.25) is 9.99 Å². The van der Waals surface area contributed by atoms with Crippen LogP contribution in [0, 0.1) is 5.92 Å². The van der Waals surface area contributed by atoms with Gasteiger partial charge in [0.1, 0.15) is 11.5 Å². The monoisotopic (exact) mass is 328 g/mol. The van der Waals surface area contributed by atoms with E-state index in [1.165, 1.54) is 12.8 Å². The summed E-state index contributed by atoms with van der Waals surface area (Å²) in [5.41, 5.74) is 2.90. The number of aliphatic imine (C=N–C) groups is 1. The van der Waals surface area contributed by atoms with Crippen molar-refractivity contribution >= 4 is 17.3 Å². The number of fused-ring (bicyclic) bond motifs is 1. The largest absolute Gasteiger partial charge is 0.261 e. The lowest BCUT2D eigenvalue weighted by Gasteiger charge is -2.44. The van der Waals surface area contributed by atoms with Crippen molar-refractivity contribution in [2.75, 3.05) is 6.54 Å². The number of hydrogen-bond donors (Lipinski definition) is 0. The molecule has 4 rings (SSSR count). The van der Waals surface area contributed by atoms with Crippen molar-refractivity contribution in [2.45, 2.75) is 39.2 Å². The van der Waals surface area contributed by atoms with E-state index in [0.29, 0.717) is 5.02 Å². The standard InChI is InChI=1S/C18H21ClN4/c1-12-11-15(17-14(19)5-4-9-20-17)21-16-8-10-22(23(12)16)18(2,3)13-6-7-13/h4-5,8-9,11,13H,6-7,10H2,1-3H3. The summed E-state index contributed by atoms with van der Waals surface area (Å²) in [4.78, 5) is 9.20. The quantitative estimate of drug-likeness (QED) is 0.840. The molecule has 0 atom stereocenters. The van der Waals surface area contributed by atoms with Gasteiger partial charge in [0, 0.05) is 24.0 Å². The van der Waals surface area contributed by atoms with E-state index < -0.39 is 0 Å². The zero-order chi connectivity index (χ0) is 16.2. The lowest BCUT2D eigenvalue weighted by molar-refractivity contribution is -0.0353. The van der Waals surface area contributed by atoms with Gasteiger partial charge in [-0.25, -0.2) is 10.0 Å². The Kier molecular flexibility index (Phi) is 3.36. The fourth-order valence-electron chi connectivity index (χ4n) is 3.53. The molecule has 1 aromatic heterocycles. The summed E-state index contributed by atoms with van der Waals surface area (Å²) in [6.45, 7) is 7.70. The van der Waals surface area contributed by atoms with Crippen molar-refractivity contribution in [3.05, 3.63) is 52.7 Å². The van der Waals surface area contributed by atoms with Crippen LogP contribution in [-0.4, -0.2) is 32.8 Å². The maximum absolute atomic E-state index is 6.28. The number of hydrazine groups is 1. The van der Waals surface area contributed by atoms with Gasteiger partial charge in [-0.1, -0.05) is 11.6 Å². The van der Waals surface area contributed by atoms with E-state index in [4.69, 9.17) is 16.6 Å². The summed E-state index contributed by atoms with van der Waals surface area (Å²) in [5.74, 6) is 1.76. The summed E-state index contributed by atoms with van der Waals surface area (Å²) in [7, 11) is 0. The molecular formula is C18H21ClN4. The summed E-state index contributed by atoms with van der Waals surface area (Å²) in [5, 5.41) is 5.32. The predicted molar refractivity (Wildman–Crippen MR) is 93.0 cm³/mol. The van der Waals surface area contributed by atoms with Crippen LogP contribution in [0.25, 0.3) is 0 Å². The first kappa shape index (κ1) is 14.9. The Morgan fingerprint density at radius 2 is 2.09 bits per heavy atom. The molecule has 0 radical (unpaired) electrons. The Morgan fingerprint density at radius 1 is 1.30 bits per heavy atom. The summed E-state index contributed by atoms with van der Waals surface area (Å²) >= 11 is 6.28. The zero-order valence-corrected chi connectivity index (χ0v) is 14.5. The van der Waals surface area contributed by atoms with Gasteiger partial charge in [0.2, 0.25) is 0 Å². The van der Waals surface area contributed by atoms with Crippen LogP contribution in [0.4, 0.5) is 0 Å². The third-order valence-electron chi connectivity index (χ3n) is 5.06. The van der Waals surface area contributed by atoms with Crippen LogP contribution in [0.3, 0.4) is 0 Å². The SMILES string of the molecule is CC1=CC(c2ncccc2Cl)=NC2=CCN(C(C)(C)C3CC3)N12. The molecule has 0 unspecified atom stereocenters. The maximum atomic E-state index is 6.28. The fourth-order valence-corrected chi connectivity index (χ4v) is 3.75. The van der Waals surface area contributed by atoms with Crippen molar-refractivity contribution in [3.63, 3.8) is 0 Å². The first-order valence-electron chi connectivity index (χ1n) is 8.14. The van der Waals surface area contributed by atoms with Crippen molar-refractivity contribution in [1.29, 1.82) is 0 Å². The molecule has 0 amide bonds. The number of aromatic nitrogens is 1. The molecule has 1 aromatic rings. The average Bonchev–Trinajstić information content (AvgIpc) is 3.28. The van der Waals surface area contributed by atoms with Gasteiger partial charge in [0.25, 0.3) is 0 Å². The van der Waals surface area contributed by atoms with Crippen molar-refractivity contribution in [2.24, 2.45) is 10.9 Å². The Hall–Kier alpha value is -1.65. The number of nitrogens with zero attached hydrogens (tertiary/aromatic N) is 4. The normalized spacial score (nSPS) is 21.7. The number of allylic oxidation sites excluding steroid dienone is 2. The van der Waals surface area contributed by atoms with Crippen LogP contribution in [0.5, 0.6) is 0 Å². The van der Waals surface area contributed by atoms with Gasteiger partial charge in [-0.15, -0.1) is 0 Å². The molecule has 3 heterocycles. The first-order valence-corrected chi connectivity index (χ1v) is 8.52. The van der Waals surface area contributed by atoms with Crippen LogP contribution >= 0.6 is 11.6 Å². The van der Waals surface area contributed by atoms with E-state index in [-0.39, 0.29) is 5.54 Å². The van der Waals surface area contributed by atoms with Crippen molar-refractivity contribution < 1.29 is 0 Å². The molecule has 2 aliphatic heterocycles. The van der Waals surface area contributed by atoms with E-state index in [9.17, 15) is 0 Å². The zero-order valence-electron chi connectivity index (χ0n) is 13.8. The molecule has 1 aliphatic carbocycles. The van der Waals surface area contributed by atoms with Crippen LogP contribution < -0.4 is 0 Å². The molecule has 1 fully saturated rings. The lowest BCUT2D eigenvalue weighted by Crippen LogP contribution is -2.52. The molecule has 120 valence electrons. The van der Waals surface area contributed by atoms with Crippen molar-refractivity contribution in [1.82, 2.24) is 15.0 Å². The van der Waals surface area contributed by atoms with Gasteiger partial charge in [0.15, 0.2) is 0 Å². The molecule has 4 nitrogen and oxygen atoms in total. The minimum atomic E-state index is 0.156. The second-order valence-electron chi connectivity index (χ2n) is 7.00. The minimum absolute atomic E-state index is 0.156. The smallest absolute Gasteiger partial charge is 0.145 e. The van der Waals surface area contributed by atoms with E-state index in [0.717, 1.165) is 35.4 Å². The molecule has 0 bridgehead atoms. The molecule has 0 aromatic carbocycles. The molecule has 0 saturated heterocycles. The van der Waals surface area contributed by atoms with Crippen LogP contribution in [-0.2, 0) is 0 Å². The molecule has 0 N–H and O–H groups in total. The Labute approximate surface area is 142 Å². The Bertz CT molecular complexity index is 743. The van der Waals surface area contributed by atoms with Crippen LogP contribution in [0.1, 0.15) is 39.3 Å². The average molecular weight is 329 g/mol. The van der Waals surface area contributed by atoms with Gasteiger partial charge in [-0.2, -0.15) is 0 Å². The van der Waals surface area contributed by atoms with Gasteiger partial charge in [0.05, 0.1) is 10.7 Å². The fraction of sp³-hybridized carbons (Fsp3) is 0.444. The lowest BCUT2D eigenvalue weighted by atomic mass is 9.98. The topological polar surface area (TPSA) is 31.7 Å². The summed E-state index contributed by atoms with van der Waals surface area (Å²) in [6.07, 6.45) is 8.68. The van der Waals surface area contributed by atoms with Gasteiger partial charge in [-0.05, 0) is 63.8 Å². The van der Waals surface area contributed by atoms with E-state index >= 15 is 0 Å². The second-order valence-corrected chi connectivity index (χ2v) is 7.41. The maximum Gasteiger partial charge on any atom is 0.145 e. The Balaban J connectivity index is 1.68. The summed E-state index contributed by atoms with van der Waals surface area (Å²) < 4.78 is 0. The molecular weight excluding hydrogens is 308 g/mol. The van der Waals surface area contributed by atoms with Crippen LogP contribution in [0.15, 0.2) is 47.0 Å². The van der Waals surface area contributed by atoms with Gasteiger partial charge < -0.3 is 0 Å². The molecule has 5 heteroatoms. The molecule has 0 spiro atoms. The third kappa shape index (κ3) is 2.41. The third-order valence-corrected chi connectivity index (χ3v) is 5.37. The van der Waals surface area contributed by atoms with E-state index in [1.54, 1.807) is 6.20 Å². The molecule has 23 heavy (non-hydrogen) atoms. The molecule has 1 saturated carbocycles. The second kappa shape index (κ2) is 5.18. The number of rotatable bonds is 3. The predicted octanol–water partition coefficient (Wildman–Crippen LogP) is 4.00. The number of hydrogen-bond acceptors (Lipinski definition) is 4. The first-order chi connectivity index (χ1) is 11.0. The van der Waals surface area contributed by atoms with Crippen molar-refractivity contribution in [3.8, 4) is 0 Å². The number of pyridine rings is 1. The Morgan fingerprint density at radius 3 is 2.78 bits per heavy atom. The highest BCUT2D eigenvalue weighted by Crippen LogP contribution is 2.46. The molecule has 3 aliphatic rings. The van der Waals surface area contributed by atoms with E-state index in [1.807, 2.05) is 12.1 Å². The van der Waals surface area contributed by atoms with Gasteiger partial charge >= 0.3 is 0 Å². The number of halogens is 1. The van der Waals surface area contributed by atoms with E-state index in [2.05, 4.69) is 47.9 Å².